The monoisotopic (exact) mass is 366 g/mol. The summed E-state index contributed by atoms with van der Waals surface area (Å²) in [6, 6.07) is 4.72. The molecule has 1 aliphatic rings. The summed E-state index contributed by atoms with van der Waals surface area (Å²) in [5, 5.41) is 2.07. The van der Waals surface area contributed by atoms with E-state index in [2.05, 4.69) is 56.3 Å². The molecule has 0 spiro atoms. The summed E-state index contributed by atoms with van der Waals surface area (Å²) in [7, 11) is 4.32. The van der Waals surface area contributed by atoms with Crippen LogP contribution in [0.25, 0.3) is 10.6 Å². The Bertz CT molecular complexity index is 605. The van der Waals surface area contributed by atoms with Crippen LogP contribution >= 0.6 is 27.3 Å². The highest BCUT2D eigenvalue weighted by Gasteiger charge is 2.22. The lowest BCUT2D eigenvalue weighted by atomic mass is 10.0. The van der Waals surface area contributed by atoms with E-state index in [1.54, 1.807) is 11.3 Å². The second kappa shape index (κ2) is 6.42. The van der Waals surface area contributed by atoms with Crippen molar-refractivity contribution >= 4 is 33.2 Å². The summed E-state index contributed by atoms with van der Waals surface area (Å²) in [6.45, 7) is 2.05. The van der Waals surface area contributed by atoms with Gasteiger partial charge < -0.3 is 9.80 Å². The fraction of sp³-hybridized carbons (Fsp3) is 0.467. The zero-order chi connectivity index (χ0) is 14.8. The van der Waals surface area contributed by atoms with Crippen molar-refractivity contribution in [2.75, 3.05) is 32.1 Å². The number of rotatable bonds is 3. The van der Waals surface area contributed by atoms with Crippen molar-refractivity contribution in [2.24, 2.45) is 0 Å². The standard InChI is InChI=1S/C15H19BrN4S/c1-19(2)11-4-8-20(9-5-11)15-17-7-3-13(18-15)14-12(16)6-10-21-14/h3,6-7,10-11H,4-5,8-9H2,1-2H3. The van der Waals surface area contributed by atoms with Gasteiger partial charge in [0.1, 0.15) is 0 Å². The van der Waals surface area contributed by atoms with Crippen molar-refractivity contribution < 1.29 is 0 Å². The molecule has 0 aromatic carbocycles. The van der Waals surface area contributed by atoms with Gasteiger partial charge >= 0.3 is 0 Å². The summed E-state index contributed by atoms with van der Waals surface area (Å²) in [5.74, 6) is 0.852. The number of piperidine rings is 1. The van der Waals surface area contributed by atoms with Crippen molar-refractivity contribution in [2.45, 2.75) is 18.9 Å². The molecule has 1 fully saturated rings. The van der Waals surface area contributed by atoms with Crippen LogP contribution in [-0.4, -0.2) is 48.1 Å². The summed E-state index contributed by atoms with van der Waals surface area (Å²) in [4.78, 5) is 15.0. The molecule has 0 amide bonds. The second-order valence-electron chi connectivity index (χ2n) is 5.52. The number of hydrogen-bond donors (Lipinski definition) is 0. The number of thiophene rings is 1. The van der Waals surface area contributed by atoms with Crippen LogP contribution in [0.1, 0.15) is 12.8 Å². The van der Waals surface area contributed by atoms with Crippen molar-refractivity contribution in [3.8, 4) is 10.6 Å². The van der Waals surface area contributed by atoms with Crippen LogP contribution in [0.5, 0.6) is 0 Å². The summed E-state index contributed by atoms with van der Waals surface area (Å²) in [6.07, 6.45) is 4.20. The van der Waals surface area contributed by atoms with Gasteiger partial charge in [-0.2, -0.15) is 0 Å². The molecule has 0 radical (unpaired) electrons. The van der Waals surface area contributed by atoms with Crippen LogP contribution in [-0.2, 0) is 0 Å². The van der Waals surface area contributed by atoms with Gasteiger partial charge in [-0.25, -0.2) is 9.97 Å². The van der Waals surface area contributed by atoms with Crippen LogP contribution in [0.4, 0.5) is 5.95 Å². The molecule has 1 saturated heterocycles. The molecular weight excluding hydrogens is 348 g/mol. The smallest absolute Gasteiger partial charge is 0.225 e. The lowest BCUT2D eigenvalue weighted by Gasteiger charge is -2.35. The maximum absolute atomic E-state index is 4.75. The Morgan fingerprint density at radius 3 is 2.67 bits per heavy atom. The fourth-order valence-electron chi connectivity index (χ4n) is 2.69. The van der Waals surface area contributed by atoms with Crippen molar-refractivity contribution in [3.63, 3.8) is 0 Å². The summed E-state index contributed by atoms with van der Waals surface area (Å²) in [5.41, 5.74) is 0.997. The molecule has 1 aliphatic heterocycles. The van der Waals surface area contributed by atoms with Gasteiger partial charge in [-0.15, -0.1) is 11.3 Å². The zero-order valence-corrected chi connectivity index (χ0v) is 14.7. The molecule has 0 N–H and O–H groups in total. The number of anilines is 1. The Kier molecular flexibility index (Phi) is 4.57. The Morgan fingerprint density at radius 2 is 2.05 bits per heavy atom. The number of halogens is 1. The van der Waals surface area contributed by atoms with Gasteiger partial charge in [0.05, 0.1) is 10.6 Å². The topological polar surface area (TPSA) is 32.3 Å². The van der Waals surface area contributed by atoms with Gasteiger partial charge in [0, 0.05) is 29.8 Å². The third-order valence-electron chi connectivity index (χ3n) is 3.97. The minimum absolute atomic E-state index is 0.677. The second-order valence-corrected chi connectivity index (χ2v) is 7.29. The first kappa shape index (κ1) is 14.9. The highest BCUT2D eigenvalue weighted by Crippen LogP contribution is 2.32. The minimum atomic E-state index is 0.677. The van der Waals surface area contributed by atoms with E-state index in [1.807, 2.05) is 12.3 Å². The average Bonchev–Trinajstić information content (AvgIpc) is 2.94. The number of aromatic nitrogens is 2. The minimum Gasteiger partial charge on any atom is -0.341 e. The molecule has 2 aromatic heterocycles. The molecular formula is C15H19BrN4S. The molecule has 0 atom stereocenters. The molecule has 2 aromatic rings. The normalized spacial score (nSPS) is 16.7. The molecule has 3 rings (SSSR count). The maximum atomic E-state index is 4.75. The van der Waals surface area contributed by atoms with E-state index in [-0.39, 0.29) is 0 Å². The summed E-state index contributed by atoms with van der Waals surface area (Å²) < 4.78 is 1.10. The highest BCUT2D eigenvalue weighted by atomic mass is 79.9. The van der Waals surface area contributed by atoms with Crippen LogP contribution in [0.15, 0.2) is 28.2 Å². The average molecular weight is 367 g/mol. The van der Waals surface area contributed by atoms with E-state index in [4.69, 9.17) is 4.98 Å². The zero-order valence-electron chi connectivity index (χ0n) is 12.3. The lowest BCUT2D eigenvalue weighted by molar-refractivity contribution is 0.249. The molecule has 4 nitrogen and oxygen atoms in total. The van der Waals surface area contributed by atoms with Crippen LogP contribution in [0.2, 0.25) is 0 Å². The van der Waals surface area contributed by atoms with Crippen LogP contribution in [0, 0.1) is 0 Å². The first-order valence-electron chi connectivity index (χ1n) is 7.13. The number of hydrogen-bond acceptors (Lipinski definition) is 5. The van der Waals surface area contributed by atoms with Crippen molar-refractivity contribution in [3.05, 3.63) is 28.2 Å². The Balaban J connectivity index is 1.77. The van der Waals surface area contributed by atoms with Crippen molar-refractivity contribution in [1.29, 1.82) is 0 Å². The van der Waals surface area contributed by atoms with Gasteiger partial charge in [0.25, 0.3) is 0 Å². The quantitative estimate of drug-likeness (QED) is 0.831. The Labute approximate surface area is 138 Å². The van der Waals surface area contributed by atoms with Gasteiger partial charge in [-0.3, -0.25) is 0 Å². The molecule has 0 saturated carbocycles. The molecule has 21 heavy (non-hydrogen) atoms. The SMILES string of the molecule is CN(C)C1CCN(c2nccc(-c3sccc3Br)n2)CC1. The van der Waals surface area contributed by atoms with Gasteiger partial charge in [0.2, 0.25) is 5.95 Å². The number of nitrogens with zero attached hydrogens (tertiary/aromatic N) is 4. The molecule has 6 heteroatoms. The Hall–Kier alpha value is -0.980. The van der Waals surface area contributed by atoms with Crippen LogP contribution in [0.3, 0.4) is 0 Å². The van der Waals surface area contributed by atoms with Gasteiger partial charge in [-0.05, 0) is 60.4 Å². The summed E-state index contributed by atoms with van der Waals surface area (Å²) >= 11 is 5.28. The predicted octanol–water partition coefficient (Wildman–Crippen LogP) is 3.50. The van der Waals surface area contributed by atoms with E-state index in [0.717, 1.165) is 29.2 Å². The van der Waals surface area contributed by atoms with Gasteiger partial charge in [-0.1, -0.05) is 0 Å². The fourth-order valence-corrected chi connectivity index (χ4v) is 4.23. The van der Waals surface area contributed by atoms with E-state index in [1.165, 1.54) is 17.7 Å². The molecule has 0 bridgehead atoms. The van der Waals surface area contributed by atoms with Crippen LogP contribution < -0.4 is 4.90 Å². The third kappa shape index (κ3) is 3.27. The maximum Gasteiger partial charge on any atom is 0.225 e. The first-order valence-corrected chi connectivity index (χ1v) is 8.80. The molecule has 3 heterocycles. The largest absolute Gasteiger partial charge is 0.341 e. The Morgan fingerprint density at radius 1 is 1.29 bits per heavy atom. The van der Waals surface area contributed by atoms with E-state index in [0.29, 0.717) is 6.04 Å². The molecule has 0 unspecified atom stereocenters. The van der Waals surface area contributed by atoms with E-state index >= 15 is 0 Å². The van der Waals surface area contributed by atoms with Gasteiger partial charge in [0.15, 0.2) is 0 Å². The molecule has 112 valence electrons. The third-order valence-corrected chi connectivity index (χ3v) is 5.83. The molecule has 0 aliphatic carbocycles. The van der Waals surface area contributed by atoms with E-state index < -0.39 is 0 Å². The van der Waals surface area contributed by atoms with Crippen molar-refractivity contribution in [1.82, 2.24) is 14.9 Å². The predicted molar refractivity (Wildman–Crippen MR) is 92.0 cm³/mol. The lowest BCUT2D eigenvalue weighted by Crippen LogP contribution is -2.42. The highest BCUT2D eigenvalue weighted by molar-refractivity contribution is 9.10. The first-order chi connectivity index (χ1) is 10.1. The van der Waals surface area contributed by atoms with E-state index in [9.17, 15) is 0 Å².